The number of hydrogen-bond donors (Lipinski definition) is 0. The number of allylic oxidation sites excluding steroid dienone is 2. The van der Waals surface area contributed by atoms with E-state index in [0.29, 0.717) is 41.2 Å². The van der Waals surface area contributed by atoms with Gasteiger partial charge in [0.15, 0.2) is 18.6 Å². The van der Waals surface area contributed by atoms with Crippen LogP contribution in [0.3, 0.4) is 0 Å². The summed E-state index contributed by atoms with van der Waals surface area (Å²) in [7, 11) is -7.45. The Balaban J connectivity index is 1.58. The minimum Gasteiger partial charge on any atom is -0.748 e. The van der Waals surface area contributed by atoms with Crippen molar-refractivity contribution >= 4 is 59.8 Å². The van der Waals surface area contributed by atoms with E-state index in [9.17, 15) is 30.7 Å². The predicted molar refractivity (Wildman–Crippen MR) is 183 cm³/mol. The third kappa shape index (κ3) is 8.13. The molecule has 4 aromatic rings. The van der Waals surface area contributed by atoms with Gasteiger partial charge in [-0.05, 0) is 54.7 Å². The van der Waals surface area contributed by atoms with Crippen molar-refractivity contribution in [2.75, 3.05) is 24.3 Å². The van der Waals surface area contributed by atoms with Gasteiger partial charge in [-0.3, -0.25) is 4.79 Å². The number of rotatable bonds is 14. The summed E-state index contributed by atoms with van der Waals surface area (Å²) < 4.78 is 83.7. The Morgan fingerprint density at radius 2 is 1.81 bits per heavy atom. The van der Waals surface area contributed by atoms with Gasteiger partial charge in [0.05, 0.1) is 44.7 Å². The smallest absolute Gasteiger partial charge is 0.263 e. The fraction of sp³-hybridized carbons (Fsp3) is 0.294. The Bertz CT molecular complexity index is 2110. The minimum absolute atomic E-state index is 0.0759. The van der Waals surface area contributed by atoms with Crippen molar-refractivity contribution < 1.29 is 44.8 Å². The molecule has 1 aromatic heterocycles. The van der Waals surface area contributed by atoms with E-state index in [4.69, 9.17) is 9.47 Å². The van der Waals surface area contributed by atoms with Crippen LogP contribution < -0.4 is 18.9 Å². The van der Waals surface area contributed by atoms with E-state index < -0.39 is 31.2 Å². The molecule has 0 bridgehead atoms. The Hall–Kier alpha value is -4.08. The number of carbonyl (C=O) groups excluding carboxylic acids is 1. The zero-order valence-electron chi connectivity index (χ0n) is 26.6. The monoisotopic (exact) mass is 711 g/mol. The molecule has 11 nitrogen and oxygen atoms in total. The third-order valence-corrected chi connectivity index (χ3v) is 11.2. The number of fused-ring (bicyclic) bond motifs is 2. The number of carbonyl (C=O) groups is 1. The molecule has 0 fully saturated rings. The lowest BCUT2D eigenvalue weighted by Crippen LogP contribution is -2.36. The lowest BCUT2D eigenvalue weighted by molar-refractivity contribution is -0.668. The summed E-state index contributed by atoms with van der Waals surface area (Å²) in [6.45, 7) is 3.79. The average molecular weight is 712 g/mol. The van der Waals surface area contributed by atoms with E-state index in [1.165, 1.54) is 25.4 Å². The fourth-order valence-corrected chi connectivity index (χ4v) is 7.49. The van der Waals surface area contributed by atoms with Crippen LogP contribution in [0.4, 0.5) is 5.69 Å². The van der Waals surface area contributed by atoms with Crippen LogP contribution in [-0.4, -0.2) is 56.9 Å². The Kier molecular flexibility index (Phi) is 10.7. The van der Waals surface area contributed by atoms with Crippen molar-refractivity contribution in [1.82, 2.24) is 0 Å². The quantitative estimate of drug-likeness (QED) is 0.0934. The molecule has 1 aliphatic heterocycles. The molecule has 0 aliphatic carbocycles. The molecular weight excluding hydrogens is 677 g/mol. The lowest BCUT2D eigenvalue weighted by atomic mass is 10.0. The van der Waals surface area contributed by atoms with Crippen LogP contribution in [0.5, 0.6) is 11.5 Å². The summed E-state index contributed by atoms with van der Waals surface area (Å²) in [4.78, 5) is 13.6. The Morgan fingerprint density at radius 1 is 1.06 bits per heavy atom. The van der Waals surface area contributed by atoms with Crippen LogP contribution >= 0.6 is 11.3 Å². The normalized spacial score (nSPS) is 15.1. The highest BCUT2D eigenvalue weighted by Crippen LogP contribution is 2.42. The Labute approximate surface area is 284 Å². The number of thiazole rings is 1. The average Bonchev–Trinajstić information content (AvgIpc) is 3.57. The molecule has 0 saturated heterocycles. The molecule has 2 heterocycles. The van der Waals surface area contributed by atoms with Gasteiger partial charge in [-0.25, -0.2) is 16.8 Å². The van der Waals surface area contributed by atoms with Crippen molar-refractivity contribution in [2.45, 2.75) is 44.9 Å². The number of aldehydes is 1. The summed E-state index contributed by atoms with van der Waals surface area (Å²) in [5.41, 5.74) is 4.58. The molecule has 0 radical (unpaired) electrons. The first kappa shape index (κ1) is 35.2. The van der Waals surface area contributed by atoms with E-state index in [-0.39, 0.29) is 25.9 Å². The lowest BCUT2D eigenvalue weighted by Gasteiger charge is -2.22. The standard InChI is InChI=1S/C34H36N2O9S3/c1-4-24(18-34-36(14-8-16-47(38,39)40)29-21-31(44-3)27(22-37)20-32(29)46-34)17-33-35(15-13-23(2)48(41,42)43)28-19-26(11-12-30(28)45-33)25-9-6-5-7-10-25/h5-7,9-12,17-23H,4,8,13-16H2,1-3H3,(H-,38,39,40,41,42,43)/p-1. The molecular formula is C34H35N2O9S3-. The van der Waals surface area contributed by atoms with Crippen LogP contribution in [0, 0.1) is 0 Å². The molecule has 254 valence electrons. The molecule has 0 saturated carbocycles. The number of methoxy groups -OCH3 is 1. The van der Waals surface area contributed by atoms with Gasteiger partial charge in [0, 0.05) is 36.1 Å². The Morgan fingerprint density at radius 3 is 2.46 bits per heavy atom. The summed E-state index contributed by atoms with van der Waals surface area (Å²) in [6.07, 6.45) is 5.21. The maximum Gasteiger partial charge on any atom is 0.263 e. The molecule has 0 spiro atoms. The van der Waals surface area contributed by atoms with Crippen LogP contribution in [0.15, 0.2) is 78.2 Å². The zero-order chi connectivity index (χ0) is 34.6. The zero-order valence-corrected chi connectivity index (χ0v) is 29.1. The molecule has 5 rings (SSSR count). The molecule has 0 N–H and O–H groups in total. The number of benzene rings is 3. The topological polar surface area (TPSA) is 157 Å². The maximum absolute atomic E-state index is 11.7. The molecule has 1 unspecified atom stereocenters. The van der Waals surface area contributed by atoms with Gasteiger partial charge in [-0.1, -0.05) is 54.7 Å². The first-order chi connectivity index (χ1) is 22.8. The van der Waals surface area contributed by atoms with Gasteiger partial charge in [-0.2, -0.15) is 4.57 Å². The first-order valence-corrected chi connectivity index (χ1v) is 19.1. The van der Waals surface area contributed by atoms with E-state index >= 15 is 0 Å². The minimum atomic E-state index is -4.49. The number of nitrogens with zero attached hydrogens (tertiary/aromatic N) is 2. The fourth-order valence-electron chi connectivity index (χ4n) is 5.42. The van der Waals surface area contributed by atoms with Crippen molar-refractivity contribution in [3.63, 3.8) is 0 Å². The molecule has 14 heteroatoms. The van der Waals surface area contributed by atoms with Crippen LogP contribution in [0.1, 0.15) is 48.5 Å². The maximum atomic E-state index is 11.7. The second kappa shape index (κ2) is 14.6. The number of ether oxygens (including phenoxy) is 2. The van der Waals surface area contributed by atoms with Crippen LogP contribution in [0.2, 0.25) is 0 Å². The van der Waals surface area contributed by atoms with Crippen LogP contribution in [-0.2, 0) is 26.8 Å². The summed E-state index contributed by atoms with van der Waals surface area (Å²) in [6, 6.07) is 19.0. The number of anilines is 1. The number of hydrogen-bond acceptors (Lipinski definition) is 11. The van der Waals surface area contributed by atoms with Gasteiger partial charge in [0.25, 0.3) is 5.01 Å². The predicted octanol–water partition coefficient (Wildman–Crippen LogP) is 5.47. The van der Waals surface area contributed by atoms with E-state index in [2.05, 4.69) is 0 Å². The van der Waals surface area contributed by atoms with Gasteiger partial charge in [-0.15, -0.1) is 0 Å². The summed E-state index contributed by atoms with van der Waals surface area (Å²) in [5.74, 6) is 0.871. The van der Waals surface area contributed by atoms with Gasteiger partial charge >= 0.3 is 0 Å². The van der Waals surface area contributed by atoms with Crippen LogP contribution in [0.25, 0.3) is 27.4 Å². The summed E-state index contributed by atoms with van der Waals surface area (Å²) >= 11 is 1.40. The molecule has 1 aliphatic rings. The molecule has 0 amide bonds. The van der Waals surface area contributed by atoms with Gasteiger partial charge < -0.3 is 23.5 Å². The van der Waals surface area contributed by atoms with Crippen molar-refractivity contribution in [3.8, 4) is 22.6 Å². The van der Waals surface area contributed by atoms with Crippen molar-refractivity contribution in [1.29, 1.82) is 0 Å². The van der Waals surface area contributed by atoms with Crippen molar-refractivity contribution in [3.05, 3.63) is 88.8 Å². The van der Waals surface area contributed by atoms with E-state index in [0.717, 1.165) is 32.1 Å². The number of aryl methyl sites for hydroxylation is 1. The summed E-state index contributed by atoms with van der Waals surface area (Å²) in [5, 5.41) is -0.364. The van der Waals surface area contributed by atoms with Crippen molar-refractivity contribution in [2.24, 2.45) is 0 Å². The van der Waals surface area contributed by atoms with Gasteiger partial charge in [0.2, 0.25) is 11.4 Å². The van der Waals surface area contributed by atoms with E-state index in [1.54, 1.807) is 12.1 Å². The second-order valence-electron chi connectivity index (χ2n) is 11.3. The molecule has 3 aromatic carbocycles. The highest BCUT2D eigenvalue weighted by molar-refractivity contribution is 7.86. The second-order valence-corrected chi connectivity index (χ2v) is 15.7. The van der Waals surface area contributed by atoms with E-state index in [1.807, 2.05) is 77.1 Å². The molecule has 1 atom stereocenters. The highest BCUT2D eigenvalue weighted by Gasteiger charge is 2.29. The largest absolute Gasteiger partial charge is 0.748 e. The third-order valence-electron chi connectivity index (χ3n) is 8.10. The highest BCUT2D eigenvalue weighted by atomic mass is 32.2. The SMILES string of the molecule is CCC(/C=C1\Oc2ccc(-c3ccccc3)cc2N1CCC(C)S(=O)(=O)[O-])=C\c1sc2cc(C=O)c(OC)cc2[n+]1CCCS(=O)(=O)[O-]. The number of aromatic nitrogens is 1. The first-order valence-electron chi connectivity index (χ1n) is 15.3. The molecule has 48 heavy (non-hydrogen) atoms. The van der Waals surface area contributed by atoms with Gasteiger partial charge in [0.1, 0.15) is 10.4 Å².